The van der Waals surface area contributed by atoms with Crippen molar-refractivity contribution in [2.24, 2.45) is 5.92 Å². The molecule has 0 heterocycles. The summed E-state index contributed by atoms with van der Waals surface area (Å²) in [5.74, 6) is -0.811. The lowest BCUT2D eigenvalue weighted by molar-refractivity contribution is -0.139. The molecule has 0 aromatic heterocycles. The molecule has 1 aliphatic carbocycles. The third kappa shape index (κ3) is 4.26. The highest BCUT2D eigenvalue weighted by atomic mass is 32.2. The van der Waals surface area contributed by atoms with Crippen molar-refractivity contribution in [3.63, 3.8) is 0 Å². The summed E-state index contributed by atoms with van der Waals surface area (Å²) in [6.07, 6.45) is 2.07. The van der Waals surface area contributed by atoms with E-state index >= 15 is 0 Å². The second-order valence-electron chi connectivity index (χ2n) is 5.20. The molecular weight excluding hydrogens is 292 g/mol. The molecule has 21 heavy (non-hydrogen) atoms. The molecule has 1 atom stereocenters. The van der Waals surface area contributed by atoms with Gasteiger partial charge in [-0.1, -0.05) is 37.3 Å². The Morgan fingerprint density at radius 2 is 2.00 bits per heavy atom. The average molecular weight is 312 g/mol. The lowest BCUT2D eigenvalue weighted by Crippen LogP contribution is -2.45. The topological polar surface area (TPSA) is 86.7 Å². The third-order valence-corrected chi connectivity index (χ3v) is 5.12. The molecule has 1 aromatic rings. The van der Waals surface area contributed by atoms with Crippen LogP contribution in [0.1, 0.15) is 31.4 Å². The van der Waals surface area contributed by atoms with Crippen LogP contribution in [0.5, 0.6) is 0 Å². The molecule has 2 N–H and O–H groups in total. The third-order valence-electron chi connectivity index (χ3n) is 3.50. The van der Waals surface area contributed by atoms with E-state index in [0.29, 0.717) is 24.6 Å². The molecule has 0 spiro atoms. The molecule has 1 aromatic carbocycles. The Kier molecular flexibility index (Phi) is 4.97. The Labute approximate surface area is 125 Å². The number of nitrogens with zero attached hydrogens (tertiary/aromatic N) is 1. The van der Waals surface area contributed by atoms with Crippen LogP contribution in [0.25, 0.3) is 0 Å². The van der Waals surface area contributed by atoms with Crippen LogP contribution >= 0.6 is 0 Å². The zero-order valence-electron chi connectivity index (χ0n) is 11.9. The van der Waals surface area contributed by atoms with Gasteiger partial charge in [-0.15, -0.1) is 0 Å². The summed E-state index contributed by atoms with van der Waals surface area (Å²) in [4.78, 5) is 11.4. The first-order valence-corrected chi connectivity index (χ1v) is 8.43. The molecule has 1 aliphatic rings. The van der Waals surface area contributed by atoms with Gasteiger partial charge in [0.1, 0.15) is 6.04 Å². The zero-order chi connectivity index (χ0) is 15.5. The molecule has 116 valence electrons. The van der Waals surface area contributed by atoms with Gasteiger partial charge in [0.2, 0.25) is 0 Å². The number of hydrogen-bond acceptors (Lipinski definition) is 3. The molecule has 0 saturated heterocycles. The number of rotatable bonds is 8. The number of benzene rings is 1. The van der Waals surface area contributed by atoms with E-state index in [1.54, 1.807) is 37.3 Å². The Morgan fingerprint density at radius 3 is 2.48 bits per heavy atom. The summed E-state index contributed by atoms with van der Waals surface area (Å²) < 4.78 is 28.3. The highest BCUT2D eigenvalue weighted by Gasteiger charge is 2.33. The zero-order valence-corrected chi connectivity index (χ0v) is 12.7. The number of carboxylic acid groups (broad SMARTS) is 1. The molecule has 0 amide bonds. The SMILES string of the molecule is CCN(CC1CC1)S(=O)(=O)N[C@H](C(=O)O)c1ccccc1. The van der Waals surface area contributed by atoms with Crippen LogP contribution in [0, 0.1) is 5.92 Å². The van der Waals surface area contributed by atoms with Crippen molar-refractivity contribution >= 4 is 16.2 Å². The standard InChI is InChI=1S/C14H20N2O4S/c1-2-16(10-11-8-9-11)21(19,20)15-13(14(17)18)12-6-4-3-5-7-12/h3-7,11,13,15H,2,8-10H2,1H3,(H,17,18)/t13-/m0/s1. The first-order valence-electron chi connectivity index (χ1n) is 6.99. The molecule has 1 fully saturated rings. The molecule has 0 bridgehead atoms. The van der Waals surface area contributed by atoms with Gasteiger partial charge in [0.05, 0.1) is 0 Å². The first-order chi connectivity index (χ1) is 9.94. The highest BCUT2D eigenvalue weighted by Crippen LogP contribution is 2.30. The molecule has 7 heteroatoms. The molecule has 0 radical (unpaired) electrons. The van der Waals surface area contributed by atoms with Crippen LogP contribution in [-0.4, -0.2) is 36.9 Å². The van der Waals surface area contributed by atoms with Crippen LogP contribution in [0.4, 0.5) is 0 Å². The van der Waals surface area contributed by atoms with Crippen molar-refractivity contribution in [3.05, 3.63) is 35.9 Å². The van der Waals surface area contributed by atoms with Crippen molar-refractivity contribution < 1.29 is 18.3 Å². The minimum absolute atomic E-state index is 0.326. The van der Waals surface area contributed by atoms with Gasteiger partial charge in [0.25, 0.3) is 10.2 Å². The fourth-order valence-corrected chi connectivity index (χ4v) is 3.55. The number of carboxylic acids is 1. The number of aliphatic carboxylic acids is 1. The maximum absolute atomic E-state index is 12.4. The molecule has 0 unspecified atom stereocenters. The number of hydrogen-bond donors (Lipinski definition) is 2. The first kappa shape index (κ1) is 15.9. The van der Waals surface area contributed by atoms with Crippen molar-refractivity contribution in [2.75, 3.05) is 13.1 Å². The van der Waals surface area contributed by atoms with E-state index in [1.165, 1.54) is 4.31 Å². The van der Waals surface area contributed by atoms with Gasteiger partial charge in [0.15, 0.2) is 0 Å². The lowest BCUT2D eigenvalue weighted by atomic mass is 10.1. The second-order valence-corrected chi connectivity index (χ2v) is 6.90. The summed E-state index contributed by atoms with van der Waals surface area (Å²) in [7, 11) is -3.82. The summed E-state index contributed by atoms with van der Waals surface area (Å²) in [5, 5.41) is 9.29. The van der Waals surface area contributed by atoms with Crippen molar-refractivity contribution in [1.82, 2.24) is 9.03 Å². The Bertz CT molecular complexity index is 584. The van der Waals surface area contributed by atoms with Gasteiger partial charge < -0.3 is 5.11 Å². The van der Waals surface area contributed by atoms with E-state index in [1.807, 2.05) is 0 Å². The van der Waals surface area contributed by atoms with E-state index in [4.69, 9.17) is 0 Å². The predicted octanol–water partition coefficient (Wildman–Crippen LogP) is 1.38. The number of carbonyl (C=O) groups is 1. The largest absolute Gasteiger partial charge is 0.480 e. The Morgan fingerprint density at radius 1 is 1.38 bits per heavy atom. The molecule has 0 aliphatic heterocycles. The molecular formula is C14H20N2O4S. The Balaban J connectivity index is 2.16. The van der Waals surface area contributed by atoms with Gasteiger partial charge in [0, 0.05) is 13.1 Å². The maximum Gasteiger partial charge on any atom is 0.326 e. The minimum Gasteiger partial charge on any atom is -0.480 e. The van der Waals surface area contributed by atoms with E-state index in [-0.39, 0.29) is 0 Å². The van der Waals surface area contributed by atoms with Gasteiger partial charge in [-0.25, -0.2) is 0 Å². The predicted molar refractivity (Wildman–Crippen MR) is 78.8 cm³/mol. The fraction of sp³-hybridized carbons (Fsp3) is 0.500. The molecule has 1 saturated carbocycles. The Hall–Kier alpha value is -1.44. The van der Waals surface area contributed by atoms with Crippen LogP contribution in [0.15, 0.2) is 30.3 Å². The monoisotopic (exact) mass is 312 g/mol. The summed E-state index contributed by atoms with van der Waals surface area (Å²) in [6.45, 7) is 2.53. The fourth-order valence-electron chi connectivity index (χ4n) is 2.12. The summed E-state index contributed by atoms with van der Waals surface area (Å²) >= 11 is 0. The summed E-state index contributed by atoms with van der Waals surface area (Å²) in [5.41, 5.74) is 0.413. The normalized spacial score (nSPS) is 16.9. The van der Waals surface area contributed by atoms with Crippen LogP contribution in [0.3, 0.4) is 0 Å². The van der Waals surface area contributed by atoms with Crippen molar-refractivity contribution in [3.8, 4) is 0 Å². The van der Waals surface area contributed by atoms with Gasteiger partial charge in [-0.2, -0.15) is 17.4 Å². The lowest BCUT2D eigenvalue weighted by Gasteiger charge is -2.23. The maximum atomic E-state index is 12.4. The quantitative estimate of drug-likeness (QED) is 0.759. The van der Waals surface area contributed by atoms with E-state index in [0.717, 1.165) is 12.8 Å². The molecule has 6 nitrogen and oxygen atoms in total. The van der Waals surface area contributed by atoms with Crippen molar-refractivity contribution in [2.45, 2.75) is 25.8 Å². The van der Waals surface area contributed by atoms with Crippen LogP contribution in [-0.2, 0) is 15.0 Å². The smallest absolute Gasteiger partial charge is 0.326 e. The van der Waals surface area contributed by atoms with E-state index < -0.39 is 22.2 Å². The average Bonchev–Trinajstić information content (AvgIpc) is 3.26. The van der Waals surface area contributed by atoms with Gasteiger partial charge >= 0.3 is 5.97 Å². The van der Waals surface area contributed by atoms with Gasteiger partial charge in [-0.3, -0.25) is 4.79 Å². The van der Waals surface area contributed by atoms with Crippen LogP contribution < -0.4 is 4.72 Å². The summed E-state index contributed by atoms with van der Waals surface area (Å²) in [6, 6.07) is 7.03. The van der Waals surface area contributed by atoms with Crippen LogP contribution in [0.2, 0.25) is 0 Å². The van der Waals surface area contributed by atoms with E-state index in [9.17, 15) is 18.3 Å². The van der Waals surface area contributed by atoms with Gasteiger partial charge in [-0.05, 0) is 24.3 Å². The number of nitrogens with one attached hydrogen (secondary N) is 1. The minimum atomic E-state index is -3.82. The highest BCUT2D eigenvalue weighted by molar-refractivity contribution is 7.87. The molecule has 2 rings (SSSR count). The van der Waals surface area contributed by atoms with Crippen molar-refractivity contribution in [1.29, 1.82) is 0 Å². The van der Waals surface area contributed by atoms with E-state index in [2.05, 4.69) is 4.72 Å². The second kappa shape index (κ2) is 6.55.